The van der Waals surface area contributed by atoms with E-state index >= 15 is 0 Å². The second kappa shape index (κ2) is 10.3. The highest BCUT2D eigenvalue weighted by Gasteiger charge is 2.43. The van der Waals surface area contributed by atoms with Gasteiger partial charge in [-0.25, -0.2) is 0 Å². The molecule has 0 atom stereocenters. The van der Waals surface area contributed by atoms with Crippen LogP contribution in [0.1, 0.15) is 5.56 Å². The predicted octanol–water partition coefficient (Wildman–Crippen LogP) is 4.76. The van der Waals surface area contributed by atoms with Crippen LogP contribution in [0.15, 0.2) is 42.5 Å². The molecule has 0 saturated carbocycles. The fourth-order valence-electron chi connectivity index (χ4n) is 3.33. The number of carbonyl (C=O) groups is 2. The lowest BCUT2D eigenvalue weighted by molar-refractivity contribution is -0.384. The Labute approximate surface area is 201 Å². The van der Waals surface area contributed by atoms with E-state index in [2.05, 4.69) is 5.32 Å². The standard InChI is InChI=1S/C21H17Cl2F3N4O4/c22-14-3-5-17(28-7-9-29(10-8-28)20(32)21(24,25)26)16(12-14)27-19(31)6-2-13-1-4-15(23)18(11-13)30(33)34/h1-6,11-12H,7-10H2,(H,27,31)/b6-2+. The smallest absolute Gasteiger partial charge is 0.366 e. The van der Waals surface area contributed by atoms with Gasteiger partial charge in [0.2, 0.25) is 5.91 Å². The van der Waals surface area contributed by atoms with Crippen LogP contribution in [0, 0.1) is 10.1 Å². The molecule has 0 aliphatic carbocycles. The van der Waals surface area contributed by atoms with Crippen molar-refractivity contribution in [1.82, 2.24) is 4.90 Å². The number of nitrogens with one attached hydrogen (secondary N) is 1. The molecule has 1 heterocycles. The summed E-state index contributed by atoms with van der Waals surface area (Å²) in [5.41, 5.74) is 0.916. The van der Waals surface area contributed by atoms with Crippen LogP contribution >= 0.6 is 23.2 Å². The summed E-state index contributed by atoms with van der Waals surface area (Å²) in [4.78, 5) is 36.7. The van der Waals surface area contributed by atoms with E-state index in [1.54, 1.807) is 17.0 Å². The highest BCUT2D eigenvalue weighted by Crippen LogP contribution is 2.31. The molecule has 0 unspecified atom stereocenters. The van der Waals surface area contributed by atoms with Gasteiger partial charge < -0.3 is 15.1 Å². The molecule has 8 nitrogen and oxygen atoms in total. The van der Waals surface area contributed by atoms with Crippen LogP contribution in [0.3, 0.4) is 0 Å². The van der Waals surface area contributed by atoms with E-state index in [1.165, 1.54) is 30.3 Å². The minimum absolute atomic E-state index is 0.0350. The summed E-state index contributed by atoms with van der Waals surface area (Å²) in [6.45, 7) is -0.0274. The van der Waals surface area contributed by atoms with Crippen LogP contribution in [0.2, 0.25) is 10.0 Å². The first-order chi connectivity index (χ1) is 16.0. The minimum atomic E-state index is -4.93. The number of amides is 2. The number of rotatable bonds is 5. The summed E-state index contributed by atoms with van der Waals surface area (Å²) < 4.78 is 38.0. The van der Waals surface area contributed by atoms with Gasteiger partial charge in [-0.3, -0.25) is 19.7 Å². The molecule has 0 aromatic heterocycles. The normalized spacial score (nSPS) is 14.4. The number of alkyl halides is 3. The predicted molar refractivity (Wildman–Crippen MR) is 122 cm³/mol. The summed E-state index contributed by atoms with van der Waals surface area (Å²) in [7, 11) is 0. The average Bonchev–Trinajstić information content (AvgIpc) is 2.77. The fraction of sp³-hybridized carbons (Fsp3) is 0.238. The lowest BCUT2D eigenvalue weighted by Gasteiger charge is -2.37. The third-order valence-electron chi connectivity index (χ3n) is 4.96. The molecule has 1 fully saturated rings. The maximum Gasteiger partial charge on any atom is 0.471 e. The van der Waals surface area contributed by atoms with Gasteiger partial charge in [0.25, 0.3) is 5.69 Å². The largest absolute Gasteiger partial charge is 0.471 e. The number of nitro benzene ring substituents is 1. The highest BCUT2D eigenvalue weighted by atomic mass is 35.5. The molecule has 13 heteroatoms. The summed E-state index contributed by atoms with van der Waals surface area (Å²) in [6.07, 6.45) is -2.40. The number of benzene rings is 2. The van der Waals surface area contributed by atoms with Crippen molar-refractivity contribution in [3.05, 3.63) is 68.2 Å². The van der Waals surface area contributed by atoms with Gasteiger partial charge in [-0.2, -0.15) is 13.2 Å². The third-order valence-corrected chi connectivity index (χ3v) is 5.52. The zero-order chi connectivity index (χ0) is 25.0. The van der Waals surface area contributed by atoms with Crippen LogP contribution in [0.5, 0.6) is 0 Å². The topological polar surface area (TPSA) is 95.8 Å². The number of carbonyl (C=O) groups excluding carboxylic acids is 2. The van der Waals surface area contributed by atoms with E-state index in [-0.39, 0.29) is 36.9 Å². The van der Waals surface area contributed by atoms with Crippen molar-refractivity contribution >= 4 is 58.2 Å². The molecule has 1 aliphatic heterocycles. The van der Waals surface area contributed by atoms with Crippen LogP contribution in [0.4, 0.5) is 30.2 Å². The SMILES string of the molecule is O=C(/C=C/c1ccc(Cl)c([N+](=O)[O-])c1)Nc1cc(Cl)ccc1N1CCN(C(=O)C(F)(F)F)CC1. The minimum Gasteiger partial charge on any atom is -0.366 e. The first-order valence-corrected chi connectivity index (χ1v) is 10.5. The Kier molecular flexibility index (Phi) is 7.68. The lowest BCUT2D eigenvalue weighted by atomic mass is 10.2. The van der Waals surface area contributed by atoms with Crippen molar-refractivity contribution in [3.8, 4) is 0 Å². The molecule has 2 aromatic rings. The Hall–Kier alpha value is -3.31. The number of anilines is 2. The molecule has 34 heavy (non-hydrogen) atoms. The zero-order valence-corrected chi connectivity index (χ0v) is 18.8. The van der Waals surface area contributed by atoms with Gasteiger partial charge in [-0.1, -0.05) is 29.3 Å². The summed E-state index contributed by atoms with van der Waals surface area (Å²) in [6, 6.07) is 8.75. The molecule has 0 spiro atoms. The van der Waals surface area contributed by atoms with Crippen molar-refractivity contribution < 1.29 is 27.7 Å². The number of piperazine rings is 1. The number of hydrogen-bond donors (Lipinski definition) is 1. The number of halogens is 5. The number of nitro groups is 1. The monoisotopic (exact) mass is 516 g/mol. The second-order valence-corrected chi connectivity index (χ2v) is 8.07. The first-order valence-electron chi connectivity index (χ1n) is 9.79. The molecule has 1 N–H and O–H groups in total. The van der Waals surface area contributed by atoms with Gasteiger partial charge in [-0.05, 0) is 35.9 Å². The molecule has 3 rings (SSSR count). The molecule has 180 valence electrons. The average molecular weight is 517 g/mol. The Balaban J connectivity index is 1.72. The third kappa shape index (κ3) is 6.17. The zero-order valence-electron chi connectivity index (χ0n) is 17.3. The van der Waals surface area contributed by atoms with E-state index in [1.807, 2.05) is 0 Å². The fourth-order valence-corrected chi connectivity index (χ4v) is 3.69. The van der Waals surface area contributed by atoms with Crippen molar-refractivity contribution in [3.63, 3.8) is 0 Å². The van der Waals surface area contributed by atoms with Crippen LogP contribution < -0.4 is 10.2 Å². The Morgan fingerprint density at radius 3 is 2.35 bits per heavy atom. The van der Waals surface area contributed by atoms with Crippen molar-refractivity contribution in [2.45, 2.75) is 6.18 Å². The van der Waals surface area contributed by atoms with Gasteiger partial charge in [0.15, 0.2) is 0 Å². The van der Waals surface area contributed by atoms with Gasteiger partial charge in [0.05, 0.1) is 16.3 Å². The van der Waals surface area contributed by atoms with Crippen LogP contribution in [-0.2, 0) is 9.59 Å². The van der Waals surface area contributed by atoms with Crippen molar-refractivity contribution in [2.24, 2.45) is 0 Å². The van der Waals surface area contributed by atoms with Gasteiger partial charge in [-0.15, -0.1) is 0 Å². The van der Waals surface area contributed by atoms with Crippen LogP contribution in [-0.4, -0.2) is 54.0 Å². The van der Waals surface area contributed by atoms with E-state index in [0.29, 0.717) is 22.0 Å². The molecular weight excluding hydrogens is 500 g/mol. The maximum atomic E-state index is 12.7. The van der Waals surface area contributed by atoms with E-state index in [0.717, 1.165) is 11.0 Å². The first kappa shape index (κ1) is 25.3. The van der Waals surface area contributed by atoms with Gasteiger partial charge >= 0.3 is 12.1 Å². The number of nitrogens with zero attached hydrogens (tertiary/aromatic N) is 3. The summed E-state index contributed by atoms with van der Waals surface area (Å²) in [5, 5.41) is 13.9. The van der Waals surface area contributed by atoms with Crippen molar-refractivity contribution in [2.75, 3.05) is 36.4 Å². The van der Waals surface area contributed by atoms with Gasteiger partial charge in [0.1, 0.15) is 5.02 Å². The Morgan fingerprint density at radius 2 is 1.74 bits per heavy atom. The maximum absolute atomic E-state index is 12.7. The molecule has 1 saturated heterocycles. The van der Waals surface area contributed by atoms with Gasteiger partial charge in [0, 0.05) is 43.3 Å². The highest BCUT2D eigenvalue weighted by molar-refractivity contribution is 6.32. The summed E-state index contributed by atoms with van der Waals surface area (Å²) in [5.74, 6) is -2.45. The molecule has 0 bridgehead atoms. The molecule has 0 radical (unpaired) electrons. The Morgan fingerprint density at radius 1 is 1.06 bits per heavy atom. The van der Waals surface area contributed by atoms with E-state index in [4.69, 9.17) is 23.2 Å². The molecule has 2 aromatic carbocycles. The lowest BCUT2D eigenvalue weighted by Crippen LogP contribution is -2.52. The van der Waals surface area contributed by atoms with E-state index in [9.17, 15) is 32.9 Å². The van der Waals surface area contributed by atoms with E-state index < -0.39 is 22.9 Å². The second-order valence-electron chi connectivity index (χ2n) is 7.23. The van der Waals surface area contributed by atoms with Crippen molar-refractivity contribution in [1.29, 1.82) is 0 Å². The molecule has 1 aliphatic rings. The number of hydrogen-bond acceptors (Lipinski definition) is 5. The quantitative estimate of drug-likeness (QED) is 0.351. The molecular formula is C21H17Cl2F3N4O4. The Bertz CT molecular complexity index is 1150. The summed E-state index contributed by atoms with van der Waals surface area (Å²) >= 11 is 11.8. The van der Waals surface area contributed by atoms with Crippen LogP contribution in [0.25, 0.3) is 6.08 Å². The molecule has 2 amide bonds.